The van der Waals surface area contributed by atoms with Crippen LogP contribution in [0.5, 0.6) is 0 Å². The van der Waals surface area contributed by atoms with Gasteiger partial charge in [-0.3, -0.25) is 10.1 Å². The molecule has 1 heterocycles. The maximum Gasteiger partial charge on any atom is 0.413 e. The Morgan fingerprint density at radius 1 is 1.13 bits per heavy atom. The second kappa shape index (κ2) is 14.4. The zero-order chi connectivity index (χ0) is 28.4. The van der Waals surface area contributed by atoms with Crippen molar-refractivity contribution in [2.75, 3.05) is 26.1 Å². The Morgan fingerprint density at radius 2 is 1.90 bits per heavy atom. The van der Waals surface area contributed by atoms with Crippen molar-refractivity contribution in [3.8, 4) is 10.6 Å². The van der Waals surface area contributed by atoms with Crippen molar-refractivity contribution in [3.05, 3.63) is 64.7 Å². The first kappa shape index (κ1) is 29.7. The monoisotopic (exact) mass is 581 g/mol. The number of hydrogen-bond donors (Lipinski definition) is 2. The average Bonchev–Trinajstić information content (AvgIpc) is 3.38. The van der Waals surface area contributed by atoms with Crippen molar-refractivity contribution in [2.24, 2.45) is 0 Å². The predicted molar refractivity (Wildman–Crippen MR) is 141 cm³/mol. The van der Waals surface area contributed by atoms with E-state index in [9.17, 15) is 23.2 Å². The number of aromatic nitrogens is 2. The highest BCUT2D eigenvalue weighted by atomic mass is 35.5. The second-order valence-electron chi connectivity index (χ2n) is 8.22. The molecule has 2 N–H and O–H groups in total. The highest BCUT2D eigenvalue weighted by Crippen LogP contribution is 2.31. The van der Waals surface area contributed by atoms with Crippen molar-refractivity contribution in [1.29, 1.82) is 0 Å². The molecule has 0 spiro atoms. The van der Waals surface area contributed by atoms with Gasteiger partial charge >= 0.3 is 18.1 Å². The van der Waals surface area contributed by atoms with Crippen LogP contribution in [0.1, 0.15) is 24.8 Å². The van der Waals surface area contributed by atoms with E-state index in [-0.39, 0.29) is 36.7 Å². The molecule has 0 aliphatic rings. The predicted octanol–water partition coefficient (Wildman–Crippen LogP) is 5.24. The molecule has 0 saturated heterocycles. The number of anilines is 1. The topological polar surface area (TPSA) is 123 Å². The number of rotatable bonds is 11. The van der Waals surface area contributed by atoms with Crippen molar-refractivity contribution < 1.29 is 32.6 Å². The van der Waals surface area contributed by atoms with E-state index in [1.165, 1.54) is 31.2 Å². The minimum atomic E-state index is -1.05. The number of carbonyl (C=O) groups excluding carboxylic acids is 3. The number of likely N-dealkylation sites (N-methyl/N-ethyl adjacent to an activating group) is 1. The molecule has 0 bridgehead atoms. The minimum absolute atomic E-state index is 0.0252. The third-order valence-electron chi connectivity index (χ3n) is 5.62. The Bertz CT molecular complexity index is 1310. The molecule has 208 valence electrons. The summed E-state index contributed by atoms with van der Waals surface area (Å²) >= 11 is 7.28. The van der Waals surface area contributed by atoms with Crippen molar-refractivity contribution in [1.82, 2.24) is 20.4 Å². The van der Waals surface area contributed by atoms with Crippen molar-refractivity contribution >= 4 is 46.2 Å². The first-order chi connectivity index (χ1) is 18.7. The van der Waals surface area contributed by atoms with Crippen molar-refractivity contribution in [2.45, 2.75) is 31.8 Å². The maximum absolute atomic E-state index is 13.9. The normalized spacial score (nSPS) is 11.4. The van der Waals surface area contributed by atoms with Crippen LogP contribution in [0.4, 0.5) is 23.5 Å². The molecule has 0 unspecified atom stereocenters. The Morgan fingerprint density at radius 3 is 2.64 bits per heavy atom. The van der Waals surface area contributed by atoms with Crippen LogP contribution in [-0.4, -0.2) is 60.0 Å². The lowest BCUT2D eigenvalue weighted by atomic mass is 10.1. The number of esters is 1. The number of nitrogens with one attached hydrogen (secondary N) is 2. The molecule has 0 radical (unpaired) electrons. The summed E-state index contributed by atoms with van der Waals surface area (Å²) in [5, 5.41) is 14.1. The standard InChI is InChI=1S/C25H26ClF2N5O5S/c1-33(24(35)29-13-15-7-5-11-19(27)21(15)28)16(8-6-12-20(34)37-2)14-38-25(36)30-23-32-31-22(39-23)17-9-3-4-10-18(17)26/h3-5,7,9-11,16H,6,8,12-14H2,1-2H3,(H,29,35)(H,30,32,36)/t16-/m0/s1. The zero-order valence-electron chi connectivity index (χ0n) is 21.1. The molecule has 1 aromatic heterocycles. The third-order valence-corrected chi connectivity index (χ3v) is 6.82. The number of amides is 3. The molecule has 0 fully saturated rings. The molecule has 14 heteroatoms. The number of benzene rings is 2. The van der Waals surface area contributed by atoms with E-state index in [0.29, 0.717) is 22.0 Å². The fourth-order valence-electron chi connectivity index (χ4n) is 3.43. The van der Waals surface area contributed by atoms with Crippen LogP contribution in [-0.2, 0) is 20.8 Å². The first-order valence-electron chi connectivity index (χ1n) is 11.7. The van der Waals surface area contributed by atoms with Gasteiger partial charge in [-0.2, -0.15) is 0 Å². The van der Waals surface area contributed by atoms with Crippen LogP contribution >= 0.6 is 22.9 Å². The van der Waals surface area contributed by atoms with Gasteiger partial charge < -0.3 is 19.7 Å². The highest BCUT2D eigenvalue weighted by molar-refractivity contribution is 7.18. The minimum Gasteiger partial charge on any atom is -0.469 e. The maximum atomic E-state index is 13.9. The Labute approximate surface area is 232 Å². The average molecular weight is 582 g/mol. The highest BCUT2D eigenvalue weighted by Gasteiger charge is 2.23. The van der Waals surface area contributed by atoms with E-state index in [2.05, 4.69) is 25.6 Å². The van der Waals surface area contributed by atoms with Gasteiger partial charge in [0.1, 0.15) is 6.61 Å². The molecule has 3 rings (SSSR count). The van der Waals surface area contributed by atoms with Gasteiger partial charge in [-0.15, -0.1) is 10.2 Å². The quantitative estimate of drug-likeness (QED) is 0.297. The van der Waals surface area contributed by atoms with Crippen LogP contribution in [0.3, 0.4) is 0 Å². The first-order valence-corrected chi connectivity index (χ1v) is 12.9. The van der Waals surface area contributed by atoms with Gasteiger partial charge in [0.15, 0.2) is 16.6 Å². The van der Waals surface area contributed by atoms with Crippen LogP contribution in [0.25, 0.3) is 10.6 Å². The summed E-state index contributed by atoms with van der Waals surface area (Å²) in [6.07, 6.45) is -0.101. The molecule has 10 nitrogen and oxygen atoms in total. The molecule has 3 aromatic rings. The van der Waals surface area contributed by atoms with Gasteiger partial charge in [0.25, 0.3) is 0 Å². The van der Waals surface area contributed by atoms with Gasteiger partial charge in [0, 0.05) is 31.1 Å². The van der Waals surface area contributed by atoms with Crippen LogP contribution in [0.2, 0.25) is 5.02 Å². The van der Waals surface area contributed by atoms with E-state index in [0.717, 1.165) is 17.4 Å². The molecular formula is C25H26ClF2N5O5S. The fraction of sp³-hybridized carbons (Fsp3) is 0.320. The largest absolute Gasteiger partial charge is 0.469 e. The molecule has 3 amide bonds. The molecule has 0 aliphatic heterocycles. The van der Waals surface area contributed by atoms with Gasteiger partial charge in [-0.05, 0) is 25.0 Å². The number of hydrogen-bond acceptors (Lipinski definition) is 8. The van der Waals surface area contributed by atoms with Gasteiger partial charge in [-0.1, -0.05) is 53.3 Å². The molecule has 1 atom stereocenters. The number of ether oxygens (including phenoxy) is 2. The summed E-state index contributed by atoms with van der Waals surface area (Å²) < 4.78 is 37.3. The fourth-order valence-corrected chi connectivity index (χ4v) is 4.48. The Hall–Kier alpha value is -3.84. The number of carbonyl (C=O) groups is 3. The molecule has 0 saturated carbocycles. The van der Waals surface area contributed by atoms with Crippen LogP contribution < -0.4 is 10.6 Å². The number of nitrogens with zero attached hydrogens (tertiary/aromatic N) is 3. The summed E-state index contributed by atoms with van der Waals surface area (Å²) in [4.78, 5) is 38.0. The zero-order valence-corrected chi connectivity index (χ0v) is 22.7. The second-order valence-corrected chi connectivity index (χ2v) is 9.61. The number of halogens is 3. The van der Waals surface area contributed by atoms with Gasteiger partial charge in [0.2, 0.25) is 5.13 Å². The third kappa shape index (κ3) is 8.58. The smallest absolute Gasteiger partial charge is 0.413 e. The van der Waals surface area contributed by atoms with E-state index in [1.54, 1.807) is 24.3 Å². The van der Waals surface area contributed by atoms with E-state index >= 15 is 0 Å². The van der Waals surface area contributed by atoms with Crippen LogP contribution in [0.15, 0.2) is 42.5 Å². The summed E-state index contributed by atoms with van der Waals surface area (Å²) in [6.45, 7) is -0.477. The Balaban J connectivity index is 1.59. The van der Waals surface area contributed by atoms with E-state index < -0.39 is 35.8 Å². The van der Waals surface area contributed by atoms with Crippen LogP contribution in [0, 0.1) is 11.6 Å². The number of urea groups is 1. The summed E-state index contributed by atoms with van der Waals surface area (Å²) in [5.41, 5.74) is 0.636. The van der Waals surface area contributed by atoms with Gasteiger partial charge in [0.05, 0.1) is 18.2 Å². The Kier molecular flexibility index (Phi) is 10.9. The summed E-state index contributed by atoms with van der Waals surface area (Å²) in [5.74, 6) is -2.50. The summed E-state index contributed by atoms with van der Waals surface area (Å²) in [7, 11) is 2.73. The summed E-state index contributed by atoms with van der Waals surface area (Å²) in [6, 6.07) is 9.46. The SMILES string of the molecule is COC(=O)CCC[C@@H](COC(=O)Nc1nnc(-c2ccccc2Cl)s1)N(C)C(=O)NCc1cccc(F)c1F. The lowest BCUT2D eigenvalue weighted by Gasteiger charge is -2.28. The molecular weight excluding hydrogens is 556 g/mol. The number of methoxy groups -OCH3 is 1. The van der Waals surface area contributed by atoms with Gasteiger partial charge in [-0.25, -0.2) is 18.4 Å². The van der Waals surface area contributed by atoms with E-state index in [1.807, 2.05) is 0 Å². The molecule has 39 heavy (non-hydrogen) atoms. The lowest BCUT2D eigenvalue weighted by Crippen LogP contribution is -2.46. The van der Waals surface area contributed by atoms with Crippen molar-refractivity contribution in [3.63, 3.8) is 0 Å². The molecule has 2 aromatic carbocycles. The van der Waals surface area contributed by atoms with E-state index in [4.69, 9.17) is 16.3 Å². The lowest BCUT2D eigenvalue weighted by molar-refractivity contribution is -0.140. The molecule has 0 aliphatic carbocycles.